The molecule has 18 heavy (non-hydrogen) atoms. The number of aliphatic hydroxyl groups excluding tert-OH is 1. The summed E-state index contributed by atoms with van der Waals surface area (Å²) in [6, 6.07) is 0. The molecule has 3 heteroatoms. The van der Waals surface area contributed by atoms with E-state index in [2.05, 4.69) is 13.8 Å². The molecule has 0 aromatic carbocycles. The smallest absolute Gasteiger partial charge is 0.0803 e. The molecule has 0 amide bonds. The molecule has 1 unspecified atom stereocenters. The largest absolute Gasteiger partial charge is 0.392 e. The van der Waals surface area contributed by atoms with E-state index in [1.807, 2.05) is 6.08 Å². The number of hydrogen-bond acceptors (Lipinski definition) is 3. The Bertz CT molecular complexity index is 393. The molecule has 2 rings (SSSR count). The van der Waals surface area contributed by atoms with Gasteiger partial charge in [0.2, 0.25) is 0 Å². The molecule has 0 aromatic rings. The highest BCUT2D eigenvalue weighted by Crippen LogP contribution is 2.59. The summed E-state index contributed by atoms with van der Waals surface area (Å²) in [5.74, 6) is 0.0102. The fourth-order valence-electron chi connectivity index (χ4n) is 3.33. The van der Waals surface area contributed by atoms with Crippen LogP contribution >= 0.6 is 0 Å². The van der Waals surface area contributed by atoms with Crippen LogP contribution in [0.15, 0.2) is 23.8 Å². The van der Waals surface area contributed by atoms with Crippen molar-refractivity contribution in [2.24, 2.45) is 11.3 Å². The highest BCUT2D eigenvalue weighted by Gasteiger charge is 2.60. The molecule has 102 valence electrons. The maximum Gasteiger partial charge on any atom is 0.0803 e. The molecule has 3 atom stereocenters. The summed E-state index contributed by atoms with van der Waals surface area (Å²) in [6.07, 6.45) is 7.34. The quantitative estimate of drug-likeness (QED) is 0.666. The Morgan fingerprint density at radius 1 is 1.22 bits per heavy atom. The molecule has 0 heterocycles. The van der Waals surface area contributed by atoms with E-state index in [0.29, 0.717) is 12.8 Å². The maximum absolute atomic E-state index is 10.9. The van der Waals surface area contributed by atoms with Crippen molar-refractivity contribution in [1.29, 1.82) is 0 Å². The molecule has 0 aliphatic heterocycles. The second-order valence-electron chi connectivity index (χ2n) is 6.68. The van der Waals surface area contributed by atoms with Crippen LogP contribution in [-0.4, -0.2) is 33.1 Å². The Balaban J connectivity index is 2.36. The van der Waals surface area contributed by atoms with Gasteiger partial charge in [-0.1, -0.05) is 32.1 Å². The topological polar surface area (TPSA) is 60.7 Å². The summed E-state index contributed by atoms with van der Waals surface area (Å²) < 4.78 is 0. The minimum atomic E-state index is -0.895. The average Bonchev–Trinajstić information content (AvgIpc) is 2.32. The second kappa shape index (κ2) is 4.19. The van der Waals surface area contributed by atoms with Gasteiger partial charge in [-0.15, -0.1) is 0 Å². The summed E-state index contributed by atoms with van der Waals surface area (Å²) >= 11 is 0. The summed E-state index contributed by atoms with van der Waals surface area (Å²) in [5, 5.41) is 30.6. The van der Waals surface area contributed by atoms with Gasteiger partial charge >= 0.3 is 0 Å². The van der Waals surface area contributed by atoms with Crippen LogP contribution in [0.4, 0.5) is 0 Å². The lowest BCUT2D eigenvalue weighted by Crippen LogP contribution is -2.62. The van der Waals surface area contributed by atoms with Crippen molar-refractivity contribution < 1.29 is 15.3 Å². The fraction of sp³-hybridized carbons (Fsp3) is 0.733. The van der Waals surface area contributed by atoms with Gasteiger partial charge < -0.3 is 15.3 Å². The van der Waals surface area contributed by atoms with Gasteiger partial charge in [0.25, 0.3) is 0 Å². The van der Waals surface area contributed by atoms with Crippen LogP contribution in [0.5, 0.6) is 0 Å². The lowest BCUT2D eigenvalue weighted by Gasteiger charge is -2.60. The molecule has 0 bridgehead atoms. The Morgan fingerprint density at radius 3 is 2.44 bits per heavy atom. The van der Waals surface area contributed by atoms with Crippen molar-refractivity contribution in [1.82, 2.24) is 0 Å². The van der Waals surface area contributed by atoms with Crippen LogP contribution in [-0.2, 0) is 0 Å². The Morgan fingerprint density at radius 2 is 1.89 bits per heavy atom. The van der Waals surface area contributed by atoms with E-state index in [9.17, 15) is 15.3 Å². The summed E-state index contributed by atoms with van der Waals surface area (Å²) in [4.78, 5) is 0. The first-order valence-electron chi connectivity index (χ1n) is 6.66. The molecule has 0 saturated heterocycles. The highest BCUT2D eigenvalue weighted by atomic mass is 16.3. The van der Waals surface area contributed by atoms with Gasteiger partial charge in [0, 0.05) is 5.92 Å². The third-order valence-corrected chi connectivity index (χ3v) is 4.87. The van der Waals surface area contributed by atoms with E-state index in [1.165, 1.54) is 0 Å². The number of hydrogen-bond donors (Lipinski definition) is 3. The highest BCUT2D eigenvalue weighted by molar-refractivity contribution is 5.28. The molecular formula is C15H24O3. The van der Waals surface area contributed by atoms with E-state index in [1.54, 1.807) is 19.1 Å². The first-order chi connectivity index (χ1) is 8.22. The van der Waals surface area contributed by atoms with Gasteiger partial charge in [-0.3, -0.25) is 0 Å². The molecule has 2 aliphatic carbocycles. The van der Waals surface area contributed by atoms with Gasteiger partial charge in [-0.2, -0.15) is 0 Å². The molecule has 3 nitrogen and oxygen atoms in total. The minimum absolute atomic E-state index is 0.0102. The van der Waals surface area contributed by atoms with E-state index < -0.39 is 11.2 Å². The van der Waals surface area contributed by atoms with E-state index >= 15 is 0 Å². The lowest BCUT2D eigenvalue weighted by atomic mass is 9.48. The summed E-state index contributed by atoms with van der Waals surface area (Å²) in [5.41, 5.74) is -1.01. The fourth-order valence-corrected chi connectivity index (χ4v) is 3.33. The minimum Gasteiger partial charge on any atom is -0.392 e. The Labute approximate surface area is 109 Å². The van der Waals surface area contributed by atoms with Crippen LogP contribution in [0.2, 0.25) is 0 Å². The first-order valence-corrected chi connectivity index (χ1v) is 6.66. The summed E-state index contributed by atoms with van der Waals surface area (Å²) in [7, 11) is 0. The monoisotopic (exact) mass is 252 g/mol. The average molecular weight is 252 g/mol. The van der Waals surface area contributed by atoms with Crippen LogP contribution in [0, 0.1) is 11.3 Å². The third kappa shape index (κ3) is 2.04. The van der Waals surface area contributed by atoms with Crippen LogP contribution in [0.3, 0.4) is 0 Å². The zero-order valence-electron chi connectivity index (χ0n) is 11.5. The molecule has 0 aromatic heterocycles. The zero-order chi connectivity index (χ0) is 13.6. The molecule has 2 aliphatic rings. The van der Waals surface area contributed by atoms with Gasteiger partial charge in [-0.05, 0) is 37.2 Å². The van der Waals surface area contributed by atoms with Gasteiger partial charge in [0.05, 0.1) is 17.8 Å². The van der Waals surface area contributed by atoms with Crippen molar-refractivity contribution in [3.05, 3.63) is 23.8 Å². The van der Waals surface area contributed by atoms with E-state index in [-0.39, 0.29) is 17.9 Å². The van der Waals surface area contributed by atoms with Crippen LogP contribution in [0.1, 0.15) is 40.0 Å². The van der Waals surface area contributed by atoms with Crippen LogP contribution < -0.4 is 0 Å². The van der Waals surface area contributed by atoms with Crippen LogP contribution in [0.25, 0.3) is 0 Å². The number of fused-ring (bicyclic) bond motifs is 1. The SMILES string of the molecule is CC1(C)CC2/C(CO)=C/C=C/[C@](C)(O)CC[C@]21O. The molecule has 3 N–H and O–H groups in total. The van der Waals surface area contributed by atoms with E-state index in [4.69, 9.17) is 0 Å². The zero-order valence-corrected chi connectivity index (χ0v) is 11.5. The second-order valence-corrected chi connectivity index (χ2v) is 6.68. The van der Waals surface area contributed by atoms with Gasteiger partial charge in [-0.25, -0.2) is 0 Å². The predicted octanol–water partition coefficient (Wildman–Crippen LogP) is 1.78. The maximum atomic E-state index is 10.9. The van der Waals surface area contributed by atoms with Crippen molar-refractivity contribution in [2.45, 2.75) is 51.2 Å². The number of allylic oxidation sites excluding steroid dienone is 2. The van der Waals surface area contributed by atoms with Crippen molar-refractivity contribution in [2.75, 3.05) is 6.61 Å². The third-order valence-electron chi connectivity index (χ3n) is 4.87. The number of rotatable bonds is 1. The molecule has 0 spiro atoms. The van der Waals surface area contributed by atoms with Gasteiger partial charge in [0.15, 0.2) is 0 Å². The van der Waals surface area contributed by atoms with Crippen molar-refractivity contribution in [3.63, 3.8) is 0 Å². The Hall–Kier alpha value is -0.640. The molecule has 1 saturated carbocycles. The normalized spacial score (nSPS) is 47.7. The molecule has 1 fully saturated rings. The molecule has 0 radical (unpaired) electrons. The first kappa shape index (κ1) is 13.8. The number of aliphatic hydroxyl groups is 3. The lowest BCUT2D eigenvalue weighted by molar-refractivity contribution is -0.197. The standard InChI is InChI=1S/C15H24O3/c1-13(2)9-12-11(10-16)5-4-6-14(3,17)7-8-15(12,13)18/h4-6,12,16-18H,7-10H2,1-3H3/b6-4+,11-5+/t12?,14-,15-/m0/s1. The van der Waals surface area contributed by atoms with Crippen molar-refractivity contribution in [3.8, 4) is 0 Å². The van der Waals surface area contributed by atoms with Gasteiger partial charge in [0.1, 0.15) is 0 Å². The molecular weight excluding hydrogens is 228 g/mol. The Kier molecular flexibility index (Phi) is 3.21. The summed E-state index contributed by atoms with van der Waals surface area (Å²) in [6.45, 7) is 5.83. The van der Waals surface area contributed by atoms with E-state index in [0.717, 1.165) is 12.0 Å². The van der Waals surface area contributed by atoms with Crippen molar-refractivity contribution >= 4 is 0 Å². The predicted molar refractivity (Wildman–Crippen MR) is 71.0 cm³/mol.